The van der Waals surface area contributed by atoms with E-state index in [0.717, 1.165) is 12.5 Å². The number of nitrogens with zero attached hydrogens (tertiary/aromatic N) is 1. The second-order valence-corrected chi connectivity index (χ2v) is 9.51. The molecule has 1 saturated carbocycles. The molecule has 0 unspecified atom stereocenters. The van der Waals surface area contributed by atoms with Crippen LogP contribution in [0.5, 0.6) is 0 Å². The second kappa shape index (κ2) is 11.5. The quantitative estimate of drug-likeness (QED) is 0.216. The van der Waals surface area contributed by atoms with Crippen molar-refractivity contribution >= 4 is 51.3 Å². The van der Waals surface area contributed by atoms with Crippen LogP contribution in [0.3, 0.4) is 0 Å². The lowest BCUT2D eigenvalue weighted by Crippen LogP contribution is -2.47. The molecule has 1 heterocycles. The Morgan fingerprint density at radius 1 is 1.23 bits per heavy atom. The third-order valence-electron chi connectivity index (χ3n) is 4.79. The van der Waals surface area contributed by atoms with Crippen LogP contribution in [0.15, 0.2) is 22.5 Å². The molecule has 9 heteroatoms. The van der Waals surface area contributed by atoms with Gasteiger partial charge in [0.2, 0.25) is 10.0 Å². The highest BCUT2D eigenvalue weighted by molar-refractivity contribution is 14.0. The summed E-state index contributed by atoms with van der Waals surface area (Å²) in [5, 5.41) is 8.78. The maximum Gasteiger partial charge on any atom is 0.211 e. The minimum absolute atomic E-state index is 0. The number of aliphatic imine (C=N–C) groups is 1. The van der Waals surface area contributed by atoms with Crippen molar-refractivity contribution in [1.29, 1.82) is 0 Å². The number of rotatable bonds is 8. The first-order valence-corrected chi connectivity index (χ1v) is 11.5. The van der Waals surface area contributed by atoms with E-state index in [1.54, 1.807) is 14.0 Å². The van der Waals surface area contributed by atoms with Crippen LogP contribution in [0.1, 0.15) is 43.9 Å². The fourth-order valence-corrected chi connectivity index (χ4v) is 4.89. The minimum Gasteiger partial charge on any atom is -0.355 e. The third-order valence-corrected chi connectivity index (χ3v) is 7.31. The van der Waals surface area contributed by atoms with Gasteiger partial charge in [0.05, 0.1) is 5.75 Å². The summed E-state index contributed by atoms with van der Waals surface area (Å²) in [6.07, 6.45) is 6.26. The predicted octanol–water partition coefficient (Wildman–Crippen LogP) is 2.67. The molecule has 0 atom stereocenters. The molecule has 150 valence electrons. The highest BCUT2D eigenvalue weighted by Gasteiger charge is 2.34. The zero-order chi connectivity index (χ0) is 18.2. The summed E-state index contributed by atoms with van der Waals surface area (Å²) in [5.74, 6) is 0.820. The lowest BCUT2D eigenvalue weighted by Gasteiger charge is -2.37. The van der Waals surface area contributed by atoms with E-state index in [-0.39, 0.29) is 35.1 Å². The molecule has 1 aliphatic carbocycles. The van der Waals surface area contributed by atoms with Gasteiger partial charge >= 0.3 is 0 Å². The molecule has 0 spiro atoms. The normalized spacial score (nSPS) is 17.4. The number of hydrogen-bond acceptors (Lipinski definition) is 4. The molecular formula is C17H31IN4O2S2. The maximum atomic E-state index is 11.4. The first kappa shape index (κ1) is 23.6. The molecular weight excluding hydrogens is 483 g/mol. The van der Waals surface area contributed by atoms with Crippen LogP contribution in [-0.2, 0) is 15.4 Å². The summed E-state index contributed by atoms with van der Waals surface area (Å²) in [6, 6.07) is 4.37. The van der Waals surface area contributed by atoms with E-state index in [1.807, 2.05) is 11.3 Å². The lowest BCUT2D eigenvalue weighted by molar-refractivity contribution is 0.296. The zero-order valence-corrected chi connectivity index (χ0v) is 19.5. The summed E-state index contributed by atoms with van der Waals surface area (Å²) in [4.78, 5) is 5.71. The molecule has 1 fully saturated rings. The van der Waals surface area contributed by atoms with Crippen LogP contribution >= 0.6 is 35.3 Å². The number of hydrogen-bond donors (Lipinski definition) is 3. The Morgan fingerprint density at radius 2 is 1.96 bits per heavy atom. The Morgan fingerprint density at radius 3 is 2.54 bits per heavy atom. The molecule has 0 bridgehead atoms. The number of sulfonamides is 1. The molecule has 0 amide bonds. The molecule has 0 aromatic carbocycles. The molecule has 0 saturated heterocycles. The maximum absolute atomic E-state index is 11.4. The monoisotopic (exact) mass is 514 g/mol. The average Bonchev–Trinajstić information content (AvgIpc) is 3.17. The Bertz CT molecular complexity index is 642. The summed E-state index contributed by atoms with van der Waals surface area (Å²) in [5.41, 5.74) is 0.188. The predicted molar refractivity (Wildman–Crippen MR) is 121 cm³/mol. The fourth-order valence-electron chi connectivity index (χ4n) is 3.28. The van der Waals surface area contributed by atoms with Crippen molar-refractivity contribution < 1.29 is 8.42 Å². The molecule has 0 radical (unpaired) electrons. The van der Waals surface area contributed by atoms with Crippen LogP contribution in [0.2, 0.25) is 0 Å². The Labute approximate surface area is 178 Å². The molecule has 1 aliphatic rings. The van der Waals surface area contributed by atoms with Crippen LogP contribution in [0.25, 0.3) is 0 Å². The van der Waals surface area contributed by atoms with E-state index in [2.05, 4.69) is 37.9 Å². The van der Waals surface area contributed by atoms with Gasteiger partial charge in [0.25, 0.3) is 0 Å². The van der Waals surface area contributed by atoms with Crippen molar-refractivity contribution in [3.8, 4) is 0 Å². The zero-order valence-electron chi connectivity index (χ0n) is 15.6. The molecule has 2 rings (SSSR count). The summed E-state index contributed by atoms with van der Waals surface area (Å²) >= 11 is 1.84. The Balaban J connectivity index is 0.00000338. The van der Waals surface area contributed by atoms with Gasteiger partial charge in [-0.1, -0.05) is 25.3 Å². The van der Waals surface area contributed by atoms with E-state index in [4.69, 9.17) is 0 Å². The van der Waals surface area contributed by atoms with Crippen molar-refractivity contribution in [2.75, 3.05) is 32.4 Å². The smallest absolute Gasteiger partial charge is 0.211 e. The van der Waals surface area contributed by atoms with Gasteiger partial charge < -0.3 is 10.6 Å². The van der Waals surface area contributed by atoms with Gasteiger partial charge in [0.15, 0.2) is 5.96 Å². The summed E-state index contributed by atoms with van der Waals surface area (Å²) < 4.78 is 25.4. The highest BCUT2D eigenvalue weighted by Crippen LogP contribution is 2.40. The van der Waals surface area contributed by atoms with Gasteiger partial charge in [-0.25, -0.2) is 13.1 Å². The van der Waals surface area contributed by atoms with Crippen molar-refractivity contribution in [3.63, 3.8) is 0 Å². The first-order chi connectivity index (χ1) is 12.0. The standard InChI is InChI=1S/C17H30N4O2S2.HI/c1-3-25(22,23)21-12-11-19-16(18-2)20-14-17(9-5-4-6-10-17)15-8-7-13-24-15;/h7-8,13,21H,3-6,9-12,14H2,1-2H3,(H2,18,19,20);1H. The fraction of sp³-hybridized carbons (Fsp3) is 0.706. The number of guanidine groups is 1. The van der Waals surface area contributed by atoms with Gasteiger partial charge in [0.1, 0.15) is 0 Å². The molecule has 1 aromatic rings. The number of nitrogens with one attached hydrogen (secondary N) is 3. The van der Waals surface area contributed by atoms with E-state index >= 15 is 0 Å². The largest absolute Gasteiger partial charge is 0.355 e. The summed E-state index contributed by atoms with van der Waals surface area (Å²) in [6.45, 7) is 3.34. The summed E-state index contributed by atoms with van der Waals surface area (Å²) in [7, 11) is -1.40. The minimum atomic E-state index is -3.14. The molecule has 6 nitrogen and oxygen atoms in total. The number of thiophene rings is 1. The average molecular weight is 514 g/mol. The third kappa shape index (κ3) is 6.97. The van der Waals surface area contributed by atoms with Crippen LogP contribution in [0.4, 0.5) is 0 Å². The number of halogens is 1. The first-order valence-electron chi connectivity index (χ1n) is 8.97. The van der Waals surface area contributed by atoms with E-state index in [9.17, 15) is 8.42 Å². The van der Waals surface area contributed by atoms with Gasteiger partial charge in [-0.3, -0.25) is 4.99 Å². The van der Waals surface area contributed by atoms with Crippen molar-refractivity contribution in [3.05, 3.63) is 22.4 Å². The van der Waals surface area contributed by atoms with Gasteiger partial charge in [-0.05, 0) is 31.2 Å². The topological polar surface area (TPSA) is 82.6 Å². The van der Waals surface area contributed by atoms with Crippen molar-refractivity contribution in [1.82, 2.24) is 15.4 Å². The van der Waals surface area contributed by atoms with Gasteiger partial charge in [-0.15, -0.1) is 35.3 Å². The highest BCUT2D eigenvalue weighted by atomic mass is 127. The van der Waals surface area contributed by atoms with E-state index < -0.39 is 10.0 Å². The molecule has 0 aliphatic heterocycles. The molecule has 3 N–H and O–H groups in total. The molecule has 26 heavy (non-hydrogen) atoms. The second-order valence-electron chi connectivity index (χ2n) is 6.47. The van der Waals surface area contributed by atoms with E-state index in [1.165, 1.54) is 37.0 Å². The van der Waals surface area contributed by atoms with Crippen LogP contribution in [-0.4, -0.2) is 46.8 Å². The van der Waals surface area contributed by atoms with Crippen LogP contribution in [0, 0.1) is 0 Å². The van der Waals surface area contributed by atoms with Crippen LogP contribution < -0.4 is 15.4 Å². The molecule has 1 aromatic heterocycles. The van der Waals surface area contributed by atoms with E-state index in [0.29, 0.717) is 13.1 Å². The van der Waals surface area contributed by atoms with Gasteiger partial charge in [0, 0.05) is 37.0 Å². The Kier molecular flexibility index (Phi) is 10.4. The van der Waals surface area contributed by atoms with Crippen molar-refractivity contribution in [2.24, 2.45) is 4.99 Å². The van der Waals surface area contributed by atoms with Gasteiger partial charge in [-0.2, -0.15) is 0 Å². The lowest BCUT2D eigenvalue weighted by atomic mass is 9.73. The van der Waals surface area contributed by atoms with Crippen molar-refractivity contribution in [2.45, 2.75) is 44.4 Å². The Hall–Kier alpha value is -0.390. The SMILES string of the molecule is CCS(=O)(=O)NCCNC(=NC)NCC1(c2cccs2)CCCCC1.I.